The van der Waals surface area contributed by atoms with Crippen molar-refractivity contribution < 1.29 is 4.74 Å². The average Bonchev–Trinajstić information content (AvgIpc) is 2.39. The van der Waals surface area contributed by atoms with Crippen LogP contribution in [0.4, 0.5) is 0 Å². The van der Waals surface area contributed by atoms with Crippen LogP contribution in [-0.4, -0.2) is 7.11 Å². The monoisotopic (exact) mass is 260 g/mol. The molecular weight excluding hydrogens is 244 g/mol. The summed E-state index contributed by atoms with van der Waals surface area (Å²) in [4.78, 5) is 0. The number of halogens is 1. The third-order valence-corrected chi connectivity index (χ3v) is 3.44. The Kier molecular flexibility index (Phi) is 4.27. The summed E-state index contributed by atoms with van der Waals surface area (Å²) in [5.41, 5.74) is 3.51. The molecule has 94 valence electrons. The maximum atomic E-state index is 6.47. The summed E-state index contributed by atoms with van der Waals surface area (Å²) in [6.07, 6.45) is 0.841. The number of benzene rings is 2. The van der Waals surface area contributed by atoms with E-state index in [4.69, 9.17) is 16.3 Å². The van der Waals surface area contributed by atoms with Gasteiger partial charge in [-0.15, -0.1) is 11.6 Å². The fourth-order valence-electron chi connectivity index (χ4n) is 2.04. The van der Waals surface area contributed by atoms with E-state index in [0.29, 0.717) is 0 Å². The van der Waals surface area contributed by atoms with E-state index in [-0.39, 0.29) is 5.38 Å². The molecule has 0 spiro atoms. The Morgan fingerprint density at radius 1 is 1.11 bits per heavy atom. The van der Waals surface area contributed by atoms with Crippen LogP contribution in [-0.2, 0) is 6.42 Å². The van der Waals surface area contributed by atoms with Crippen molar-refractivity contribution in [1.29, 1.82) is 0 Å². The number of hydrogen-bond acceptors (Lipinski definition) is 1. The molecule has 2 aromatic carbocycles. The summed E-state index contributed by atoms with van der Waals surface area (Å²) in [6.45, 7) is 2.04. The lowest BCUT2D eigenvalue weighted by atomic mass is 10.0. The quantitative estimate of drug-likeness (QED) is 0.734. The van der Waals surface area contributed by atoms with Gasteiger partial charge in [0.15, 0.2) is 0 Å². The van der Waals surface area contributed by atoms with Crippen LogP contribution in [0.5, 0.6) is 5.75 Å². The van der Waals surface area contributed by atoms with E-state index in [0.717, 1.165) is 23.3 Å². The maximum Gasteiger partial charge on any atom is 0.121 e. The number of ether oxygens (including phenoxy) is 1. The molecule has 1 nitrogen and oxygen atoms in total. The van der Waals surface area contributed by atoms with Crippen LogP contribution in [0.25, 0.3) is 0 Å². The van der Waals surface area contributed by atoms with Gasteiger partial charge < -0.3 is 4.74 Å². The molecule has 0 aliphatic rings. The Bertz CT molecular complexity index is 508. The Morgan fingerprint density at radius 3 is 2.44 bits per heavy atom. The number of methoxy groups -OCH3 is 1. The van der Waals surface area contributed by atoms with Gasteiger partial charge in [0.1, 0.15) is 5.75 Å². The number of aryl methyl sites for hydroxylation is 1. The van der Waals surface area contributed by atoms with Crippen LogP contribution in [0.15, 0.2) is 48.5 Å². The minimum atomic E-state index is -0.00277. The third-order valence-electron chi connectivity index (χ3n) is 3.04. The van der Waals surface area contributed by atoms with E-state index in [1.807, 2.05) is 37.3 Å². The summed E-state index contributed by atoms with van der Waals surface area (Å²) in [6, 6.07) is 16.4. The topological polar surface area (TPSA) is 9.23 Å². The molecule has 0 bridgehead atoms. The van der Waals surface area contributed by atoms with Crippen LogP contribution in [0.2, 0.25) is 0 Å². The average molecular weight is 261 g/mol. The largest absolute Gasteiger partial charge is 0.496 e. The van der Waals surface area contributed by atoms with Crippen LogP contribution < -0.4 is 4.74 Å². The molecule has 2 heteroatoms. The molecule has 0 aliphatic carbocycles. The predicted octanol–water partition coefficient (Wildman–Crippen LogP) is 4.53. The van der Waals surface area contributed by atoms with Crippen LogP contribution >= 0.6 is 11.6 Å². The van der Waals surface area contributed by atoms with E-state index in [1.54, 1.807) is 7.11 Å². The summed E-state index contributed by atoms with van der Waals surface area (Å²) in [5.74, 6) is 0.905. The predicted molar refractivity (Wildman–Crippen MR) is 76.5 cm³/mol. The molecular formula is C16H17ClO. The fraction of sp³-hybridized carbons (Fsp3) is 0.250. The molecule has 0 saturated carbocycles. The zero-order chi connectivity index (χ0) is 13.0. The van der Waals surface area contributed by atoms with Gasteiger partial charge in [-0.05, 0) is 36.1 Å². The third kappa shape index (κ3) is 3.05. The van der Waals surface area contributed by atoms with Gasteiger partial charge in [-0.3, -0.25) is 0 Å². The van der Waals surface area contributed by atoms with Crippen LogP contribution in [0.1, 0.15) is 22.1 Å². The normalized spacial score (nSPS) is 12.2. The highest BCUT2D eigenvalue weighted by Gasteiger charge is 2.10. The van der Waals surface area contributed by atoms with Crippen molar-refractivity contribution in [3.63, 3.8) is 0 Å². The molecule has 0 heterocycles. The minimum Gasteiger partial charge on any atom is -0.496 e. The molecule has 0 aromatic heterocycles. The highest BCUT2D eigenvalue weighted by Crippen LogP contribution is 2.28. The van der Waals surface area contributed by atoms with Crippen molar-refractivity contribution in [2.45, 2.75) is 18.7 Å². The Balaban J connectivity index is 2.14. The highest BCUT2D eigenvalue weighted by molar-refractivity contribution is 6.20. The molecule has 18 heavy (non-hydrogen) atoms. The first kappa shape index (κ1) is 13.0. The van der Waals surface area contributed by atoms with Gasteiger partial charge in [0.2, 0.25) is 0 Å². The molecule has 0 amide bonds. The first-order chi connectivity index (χ1) is 8.70. The van der Waals surface area contributed by atoms with Gasteiger partial charge in [0.25, 0.3) is 0 Å². The van der Waals surface area contributed by atoms with E-state index >= 15 is 0 Å². The lowest BCUT2D eigenvalue weighted by Crippen LogP contribution is -1.97. The summed E-state index contributed by atoms with van der Waals surface area (Å²) >= 11 is 6.47. The van der Waals surface area contributed by atoms with E-state index in [1.165, 1.54) is 5.56 Å². The molecule has 1 atom stereocenters. The highest BCUT2D eigenvalue weighted by atomic mass is 35.5. The molecule has 0 saturated heterocycles. The molecule has 0 radical (unpaired) electrons. The fourth-order valence-corrected chi connectivity index (χ4v) is 2.35. The van der Waals surface area contributed by atoms with Gasteiger partial charge in [-0.2, -0.15) is 0 Å². The SMILES string of the molecule is COc1ccc(C(Cl)Cc2ccccc2)cc1C. The first-order valence-electron chi connectivity index (χ1n) is 6.03. The molecule has 2 rings (SSSR count). The van der Waals surface area contributed by atoms with Crippen LogP contribution in [0, 0.1) is 6.92 Å². The summed E-state index contributed by atoms with van der Waals surface area (Å²) < 4.78 is 5.25. The van der Waals surface area contributed by atoms with Crippen molar-refractivity contribution in [3.05, 3.63) is 65.2 Å². The van der Waals surface area contributed by atoms with Gasteiger partial charge in [-0.25, -0.2) is 0 Å². The molecule has 1 unspecified atom stereocenters. The van der Waals surface area contributed by atoms with Crippen molar-refractivity contribution in [1.82, 2.24) is 0 Å². The standard InChI is InChI=1S/C16H17ClO/c1-12-10-14(8-9-16(12)18-2)15(17)11-13-6-4-3-5-7-13/h3-10,15H,11H2,1-2H3. The maximum absolute atomic E-state index is 6.47. The molecule has 0 aliphatic heterocycles. The van der Waals surface area contributed by atoms with Crippen molar-refractivity contribution in [2.24, 2.45) is 0 Å². The molecule has 0 fully saturated rings. The van der Waals surface area contributed by atoms with Crippen molar-refractivity contribution in [3.8, 4) is 5.75 Å². The van der Waals surface area contributed by atoms with E-state index in [9.17, 15) is 0 Å². The van der Waals surface area contributed by atoms with Gasteiger partial charge >= 0.3 is 0 Å². The zero-order valence-electron chi connectivity index (χ0n) is 10.7. The lowest BCUT2D eigenvalue weighted by Gasteiger charge is -2.12. The van der Waals surface area contributed by atoms with Crippen molar-refractivity contribution >= 4 is 11.6 Å². The summed E-state index contributed by atoms with van der Waals surface area (Å²) in [7, 11) is 1.68. The number of hydrogen-bond donors (Lipinski definition) is 0. The summed E-state index contributed by atoms with van der Waals surface area (Å²) in [5, 5.41) is -0.00277. The zero-order valence-corrected chi connectivity index (χ0v) is 11.4. The van der Waals surface area contributed by atoms with Crippen molar-refractivity contribution in [2.75, 3.05) is 7.11 Å². The second-order valence-corrected chi connectivity index (χ2v) is 4.91. The molecule has 0 N–H and O–H groups in total. The van der Waals surface area contributed by atoms with E-state index < -0.39 is 0 Å². The lowest BCUT2D eigenvalue weighted by molar-refractivity contribution is 0.411. The van der Waals surface area contributed by atoms with Gasteiger partial charge in [-0.1, -0.05) is 42.5 Å². The Hall–Kier alpha value is -1.47. The number of alkyl halides is 1. The van der Waals surface area contributed by atoms with Gasteiger partial charge in [0.05, 0.1) is 12.5 Å². The minimum absolute atomic E-state index is 0.00277. The second-order valence-electron chi connectivity index (χ2n) is 4.39. The molecule has 2 aromatic rings. The smallest absolute Gasteiger partial charge is 0.121 e. The second kappa shape index (κ2) is 5.92. The Labute approximate surface area is 113 Å². The first-order valence-corrected chi connectivity index (χ1v) is 6.47. The number of rotatable bonds is 4. The van der Waals surface area contributed by atoms with Crippen LogP contribution in [0.3, 0.4) is 0 Å². The van der Waals surface area contributed by atoms with E-state index in [2.05, 4.69) is 18.2 Å². The van der Waals surface area contributed by atoms with Gasteiger partial charge in [0, 0.05) is 0 Å². The Morgan fingerprint density at radius 2 is 1.83 bits per heavy atom.